The molecule has 0 aliphatic heterocycles. The number of hydrogen-bond acceptors (Lipinski definition) is 3. The molecule has 3 nitrogen and oxygen atoms in total. The molecule has 0 saturated heterocycles. The zero-order valence-corrected chi connectivity index (χ0v) is 7.68. The molecule has 2 N–H and O–H groups in total. The zero-order valence-electron chi connectivity index (χ0n) is 7.68. The van der Waals surface area contributed by atoms with Crippen LogP contribution in [0.4, 0.5) is 0 Å². The molecular formula is C8H17NO2. The number of carbonyl (C=O) groups excluding carboxylic acids is 1. The molecule has 0 radical (unpaired) electrons. The summed E-state index contributed by atoms with van der Waals surface area (Å²) >= 11 is 0. The first-order valence-corrected chi connectivity index (χ1v) is 3.80. The first kappa shape index (κ1) is 10.4. The van der Waals surface area contributed by atoms with E-state index in [9.17, 15) is 4.79 Å². The fourth-order valence-corrected chi connectivity index (χ4v) is 0.428. The molecule has 0 spiro atoms. The standard InChI is InChI=1S/C8H17NO2/c1-6(2)5-11-7(10)8(3,4)9/h6H,5,9H2,1-4H3. The molecule has 0 unspecified atom stereocenters. The first-order chi connectivity index (χ1) is 4.84. The van der Waals surface area contributed by atoms with Gasteiger partial charge in [0.1, 0.15) is 5.54 Å². The number of nitrogens with two attached hydrogens (primary N) is 1. The molecule has 11 heavy (non-hydrogen) atoms. The van der Waals surface area contributed by atoms with Crippen LogP contribution < -0.4 is 5.73 Å². The van der Waals surface area contributed by atoms with Crippen molar-refractivity contribution in [2.75, 3.05) is 6.61 Å². The van der Waals surface area contributed by atoms with Gasteiger partial charge in [-0.15, -0.1) is 0 Å². The van der Waals surface area contributed by atoms with Gasteiger partial charge in [0.2, 0.25) is 0 Å². The van der Waals surface area contributed by atoms with Crippen LogP contribution in [-0.4, -0.2) is 18.1 Å². The summed E-state index contributed by atoms with van der Waals surface area (Å²) < 4.78 is 4.90. The van der Waals surface area contributed by atoms with Gasteiger partial charge in [0.05, 0.1) is 6.61 Å². The molecule has 0 saturated carbocycles. The van der Waals surface area contributed by atoms with Gasteiger partial charge < -0.3 is 10.5 Å². The lowest BCUT2D eigenvalue weighted by Gasteiger charge is -2.17. The molecule has 0 aliphatic carbocycles. The van der Waals surface area contributed by atoms with Crippen molar-refractivity contribution in [3.8, 4) is 0 Å². The van der Waals surface area contributed by atoms with Crippen molar-refractivity contribution in [3.63, 3.8) is 0 Å². The predicted octanol–water partition coefficient (Wildman–Crippen LogP) is 0.923. The lowest BCUT2D eigenvalue weighted by Crippen LogP contribution is -2.43. The highest BCUT2D eigenvalue weighted by molar-refractivity contribution is 5.79. The molecule has 0 heterocycles. The van der Waals surface area contributed by atoms with Gasteiger partial charge in [-0.05, 0) is 19.8 Å². The van der Waals surface area contributed by atoms with E-state index in [0.717, 1.165) is 0 Å². The lowest BCUT2D eigenvalue weighted by molar-refractivity contribution is -0.149. The van der Waals surface area contributed by atoms with E-state index in [2.05, 4.69) is 0 Å². The molecule has 0 bridgehead atoms. The molecule has 0 aliphatic rings. The van der Waals surface area contributed by atoms with E-state index in [1.165, 1.54) is 0 Å². The van der Waals surface area contributed by atoms with Gasteiger partial charge in [-0.2, -0.15) is 0 Å². The van der Waals surface area contributed by atoms with Crippen LogP contribution in [0.1, 0.15) is 27.7 Å². The third-order valence-corrected chi connectivity index (χ3v) is 1.07. The van der Waals surface area contributed by atoms with Gasteiger partial charge in [-0.25, -0.2) is 0 Å². The Kier molecular flexibility index (Phi) is 3.52. The van der Waals surface area contributed by atoms with E-state index in [-0.39, 0.29) is 5.97 Å². The Morgan fingerprint density at radius 1 is 1.55 bits per heavy atom. The van der Waals surface area contributed by atoms with Gasteiger partial charge in [-0.3, -0.25) is 4.79 Å². The van der Waals surface area contributed by atoms with Crippen LogP contribution >= 0.6 is 0 Å². The molecule has 0 atom stereocenters. The second kappa shape index (κ2) is 3.72. The summed E-state index contributed by atoms with van der Waals surface area (Å²) in [6, 6.07) is 0. The van der Waals surface area contributed by atoms with Crippen molar-refractivity contribution in [2.24, 2.45) is 11.7 Å². The monoisotopic (exact) mass is 159 g/mol. The number of hydrogen-bond donors (Lipinski definition) is 1. The van der Waals surface area contributed by atoms with Gasteiger partial charge in [0.15, 0.2) is 0 Å². The van der Waals surface area contributed by atoms with E-state index in [1.54, 1.807) is 13.8 Å². The Labute approximate surface area is 67.9 Å². The second-order valence-corrected chi connectivity index (χ2v) is 3.71. The highest BCUT2D eigenvalue weighted by atomic mass is 16.5. The molecule has 66 valence electrons. The Morgan fingerprint density at radius 3 is 2.27 bits per heavy atom. The Hall–Kier alpha value is -0.570. The zero-order chi connectivity index (χ0) is 9.07. The van der Waals surface area contributed by atoms with Gasteiger partial charge in [0.25, 0.3) is 0 Å². The van der Waals surface area contributed by atoms with E-state index >= 15 is 0 Å². The van der Waals surface area contributed by atoms with Crippen LogP contribution in [0, 0.1) is 5.92 Å². The quantitative estimate of drug-likeness (QED) is 0.623. The lowest BCUT2D eigenvalue weighted by atomic mass is 10.1. The average molecular weight is 159 g/mol. The van der Waals surface area contributed by atoms with E-state index in [4.69, 9.17) is 10.5 Å². The SMILES string of the molecule is CC(C)COC(=O)C(C)(C)N. The number of rotatable bonds is 3. The molecular weight excluding hydrogens is 142 g/mol. The maximum Gasteiger partial charge on any atom is 0.325 e. The van der Waals surface area contributed by atoms with Crippen LogP contribution in [0.3, 0.4) is 0 Å². The predicted molar refractivity (Wildman–Crippen MR) is 44.1 cm³/mol. The summed E-state index contributed by atoms with van der Waals surface area (Å²) in [6.45, 7) is 7.68. The second-order valence-electron chi connectivity index (χ2n) is 3.71. The third kappa shape index (κ3) is 4.79. The van der Waals surface area contributed by atoms with Crippen molar-refractivity contribution >= 4 is 5.97 Å². The number of carbonyl (C=O) groups is 1. The summed E-state index contributed by atoms with van der Waals surface area (Å²) in [5.41, 5.74) is 4.62. The van der Waals surface area contributed by atoms with Crippen molar-refractivity contribution in [3.05, 3.63) is 0 Å². The first-order valence-electron chi connectivity index (χ1n) is 3.80. The Morgan fingerprint density at radius 2 is 2.00 bits per heavy atom. The van der Waals surface area contributed by atoms with E-state index in [1.807, 2.05) is 13.8 Å². The smallest absolute Gasteiger partial charge is 0.325 e. The maximum absolute atomic E-state index is 11.0. The molecule has 0 aromatic heterocycles. The summed E-state index contributed by atoms with van der Waals surface area (Å²) in [5.74, 6) is 0.0208. The van der Waals surface area contributed by atoms with E-state index in [0.29, 0.717) is 12.5 Å². The minimum Gasteiger partial charge on any atom is -0.464 e. The minimum absolute atomic E-state index is 0.341. The summed E-state index contributed by atoms with van der Waals surface area (Å²) in [5, 5.41) is 0. The highest BCUT2D eigenvalue weighted by Crippen LogP contribution is 2.02. The van der Waals surface area contributed by atoms with Crippen LogP contribution in [0.25, 0.3) is 0 Å². The fraction of sp³-hybridized carbons (Fsp3) is 0.875. The summed E-state index contributed by atoms with van der Waals surface area (Å²) in [7, 11) is 0. The van der Waals surface area contributed by atoms with Crippen LogP contribution in [0.15, 0.2) is 0 Å². The van der Waals surface area contributed by atoms with Crippen LogP contribution in [-0.2, 0) is 9.53 Å². The molecule has 0 fully saturated rings. The van der Waals surface area contributed by atoms with Crippen molar-refractivity contribution in [1.82, 2.24) is 0 Å². The maximum atomic E-state index is 11.0. The van der Waals surface area contributed by atoms with Gasteiger partial charge in [0, 0.05) is 0 Å². The molecule has 0 aromatic rings. The van der Waals surface area contributed by atoms with Gasteiger partial charge >= 0.3 is 5.97 Å². The summed E-state index contributed by atoms with van der Waals surface area (Å²) in [6.07, 6.45) is 0. The average Bonchev–Trinajstić information content (AvgIpc) is 1.80. The minimum atomic E-state index is -0.866. The molecule has 0 rings (SSSR count). The van der Waals surface area contributed by atoms with Crippen LogP contribution in [0.2, 0.25) is 0 Å². The number of esters is 1. The Balaban J connectivity index is 3.71. The Bertz CT molecular complexity index is 136. The number of ether oxygens (including phenoxy) is 1. The molecule has 0 aromatic carbocycles. The molecule has 3 heteroatoms. The summed E-state index contributed by atoms with van der Waals surface area (Å²) in [4.78, 5) is 11.0. The van der Waals surface area contributed by atoms with Crippen molar-refractivity contribution in [1.29, 1.82) is 0 Å². The van der Waals surface area contributed by atoms with Crippen LogP contribution in [0.5, 0.6) is 0 Å². The normalized spacial score (nSPS) is 11.8. The largest absolute Gasteiger partial charge is 0.464 e. The highest BCUT2D eigenvalue weighted by Gasteiger charge is 2.23. The van der Waals surface area contributed by atoms with E-state index < -0.39 is 5.54 Å². The fourth-order valence-electron chi connectivity index (χ4n) is 0.428. The van der Waals surface area contributed by atoms with Crippen molar-refractivity contribution in [2.45, 2.75) is 33.2 Å². The third-order valence-electron chi connectivity index (χ3n) is 1.07. The molecule has 0 amide bonds. The van der Waals surface area contributed by atoms with Crippen molar-refractivity contribution < 1.29 is 9.53 Å². The van der Waals surface area contributed by atoms with Gasteiger partial charge in [-0.1, -0.05) is 13.8 Å². The topological polar surface area (TPSA) is 52.3 Å².